The van der Waals surface area contributed by atoms with E-state index >= 15 is 0 Å². The molecule has 0 bridgehead atoms. The van der Waals surface area contributed by atoms with Crippen molar-refractivity contribution in [2.24, 2.45) is 0 Å². The number of nitrogens with zero attached hydrogens (tertiary/aromatic N) is 2. The molecule has 3 aromatic rings. The quantitative estimate of drug-likeness (QED) is 0.451. The van der Waals surface area contributed by atoms with Crippen LogP contribution in [0.25, 0.3) is 11.1 Å². The molecule has 0 spiro atoms. The van der Waals surface area contributed by atoms with Crippen LogP contribution in [0.1, 0.15) is 17.0 Å². The molecule has 29 heavy (non-hydrogen) atoms. The number of aryl methyl sites for hydroxylation is 1. The van der Waals surface area contributed by atoms with Gasteiger partial charge in [-0.15, -0.1) is 0 Å². The van der Waals surface area contributed by atoms with Gasteiger partial charge < -0.3 is 14.7 Å². The molecule has 9 heteroatoms. The van der Waals surface area contributed by atoms with Crippen molar-refractivity contribution in [2.45, 2.75) is 20.1 Å². The molecule has 0 aliphatic rings. The number of aliphatic hydroxyl groups excluding tert-OH is 1. The summed E-state index contributed by atoms with van der Waals surface area (Å²) in [7, 11) is 0. The van der Waals surface area contributed by atoms with Crippen molar-refractivity contribution in [3.05, 3.63) is 77.1 Å². The zero-order chi connectivity index (χ0) is 21.0. The highest BCUT2D eigenvalue weighted by Crippen LogP contribution is 2.27. The lowest BCUT2D eigenvalue weighted by Gasteiger charge is -2.12. The fourth-order valence-corrected chi connectivity index (χ4v) is 2.73. The normalized spacial score (nSPS) is 11.0. The Morgan fingerprint density at radius 1 is 0.966 bits per heavy atom. The van der Waals surface area contributed by atoms with E-state index in [0.29, 0.717) is 22.5 Å². The number of aromatic nitrogens is 1. The second kappa shape index (κ2) is 8.91. The predicted molar refractivity (Wildman–Crippen MR) is 96.4 cm³/mol. The SMILES string of the molecule is Cc1cc(-c2cc(F)c(COc3ccc(ON(O)F)cc3)c(F)c2)cc(CO)n1. The molecule has 1 heterocycles. The van der Waals surface area contributed by atoms with E-state index in [-0.39, 0.29) is 30.3 Å². The minimum atomic E-state index is -0.948. The number of pyridine rings is 1. The lowest BCUT2D eigenvalue weighted by atomic mass is 10.0. The Bertz CT molecular complexity index is 975. The van der Waals surface area contributed by atoms with E-state index in [0.717, 1.165) is 0 Å². The van der Waals surface area contributed by atoms with Gasteiger partial charge in [0.1, 0.15) is 24.0 Å². The van der Waals surface area contributed by atoms with Crippen LogP contribution in [0.3, 0.4) is 0 Å². The molecule has 3 rings (SSSR count). The zero-order valence-electron chi connectivity index (χ0n) is 15.3. The van der Waals surface area contributed by atoms with Crippen molar-refractivity contribution >= 4 is 0 Å². The van der Waals surface area contributed by atoms with Crippen molar-refractivity contribution in [1.82, 2.24) is 10.4 Å². The maximum absolute atomic E-state index is 14.5. The van der Waals surface area contributed by atoms with E-state index in [1.54, 1.807) is 19.1 Å². The van der Waals surface area contributed by atoms with Gasteiger partial charge in [0.25, 0.3) is 0 Å². The van der Waals surface area contributed by atoms with Gasteiger partial charge in [-0.3, -0.25) is 10.2 Å². The lowest BCUT2D eigenvalue weighted by molar-refractivity contribution is -0.397. The zero-order valence-corrected chi connectivity index (χ0v) is 15.3. The van der Waals surface area contributed by atoms with Gasteiger partial charge in [-0.2, -0.15) is 0 Å². The van der Waals surface area contributed by atoms with Crippen molar-refractivity contribution in [1.29, 1.82) is 0 Å². The Hall–Kier alpha value is -3.14. The summed E-state index contributed by atoms with van der Waals surface area (Å²) in [6.45, 7) is 1.07. The summed E-state index contributed by atoms with van der Waals surface area (Å²) in [6, 6.07) is 11.0. The van der Waals surface area contributed by atoms with E-state index in [4.69, 9.17) is 9.94 Å². The molecule has 0 aliphatic carbocycles. The number of ether oxygens (including phenoxy) is 1. The van der Waals surface area contributed by atoms with Crippen LogP contribution in [0, 0.1) is 18.6 Å². The average molecular weight is 406 g/mol. The third kappa shape index (κ3) is 5.23. The third-order valence-corrected chi connectivity index (χ3v) is 4.03. The first kappa shape index (κ1) is 20.6. The topological polar surface area (TPSA) is 75.1 Å². The summed E-state index contributed by atoms with van der Waals surface area (Å²) >= 11 is 0. The monoisotopic (exact) mass is 406 g/mol. The van der Waals surface area contributed by atoms with E-state index in [9.17, 15) is 18.4 Å². The number of hydrogen-bond acceptors (Lipinski definition) is 6. The number of aliphatic hydroxyl groups is 1. The predicted octanol–water partition coefficient (Wildman–Crippen LogP) is 4.28. The van der Waals surface area contributed by atoms with Crippen LogP contribution in [-0.2, 0) is 13.2 Å². The maximum Gasteiger partial charge on any atom is 0.167 e. The smallest absolute Gasteiger partial charge is 0.167 e. The van der Waals surface area contributed by atoms with Gasteiger partial charge in [0.15, 0.2) is 11.2 Å². The molecule has 152 valence electrons. The van der Waals surface area contributed by atoms with Gasteiger partial charge >= 0.3 is 0 Å². The Balaban J connectivity index is 1.77. The number of hydrogen-bond donors (Lipinski definition) is 2. The molecule has 2 N–H and O–H groups in total. The lowest BCUT2D eigenvalue weighted by Crippen LogP contribution is -2.11. The first-order valence-corrected chi connectivity index (χ1v) is 8.48. The second-order valence-electron chi connectivity index (χ2n) is 6.14. The highest BCUT2D eigenvalue weighted by molar-refractivity contribution is 5.65. The molecule has 0 saturated heterocycles. The van der Waals surface area contributed by atoms with E-state index in [1.807, 2.05) is 0 Å². The first-order chi connectivity index (χ1) is 13.9. The van der Waals surface area contributed by atoms with Gasteiger partial charge in [0, 0.05) is 5.69 Å². The van der Waals surface area contributed by atoms with Crippen LogP contribution in [-0.4, -0.2) is 20.7 Å². The largest absolute Gasteiger partial charge is 0.489 e. The van der Waals surface area contributed by atoms with Crippen LogP contribution in [0.2, 0.25) is 0 Å². The average Bonchev–Trinajstić information content (AvgIpc) is 2.67. The Labute approximate surface area is 164 Å². The van der Waals surface area contributed by atoms with Crippen LogP contribution in [0.15, 0.2) is 48.5 Å². The summed E-state index contributed by atoms with van der Waals surface area (Å²) in [5.74, 6) is -1.30. The molecule has 0 aliphatic heterocycles. The summed E-state index contributed by atoms with van der Waals surface area (Å²) in [5, 5.41) is 17.6. The molecule has 0 unspecified atom stereocenters. The van der Waals surface area contributed by atoms with Gasteiger partial charge in [-0.1, -0.05) is 4.48 Å². The molecule has 6 nitrogen and oxygen atoms in total. The summed E-state index contributed by atoms with van der Waals surface area (Å²) in [6.07, 6.45) is 0. The molecule has 0 radical (unpaired) electrons. The van der Waals surface area contributed by atoms with Crippen LogP contribution < -0.4 is 9.57 Å². The summed E-state index contributed by atoms with van der Waals surface area (Å²) in [4.78, 5) is 8.40. The Morgan fingerprint density at radius 3 is 2.14 bits per heavy atom. The van der Waals surface area contributed by atoms with Crippen molar-refractivity contribution in [2.75, 3.05) is 0 Å². The van der Waals surface area contributed by atoms with E-state index in [2.05, 4.69) is 9.82 Å². The molecular formula is C20H17F3N2O4. The van der Waals surface area contributed by atoms with Gasteiger partial charge in [0.2, 0.25) is 0 Å². The highest BCUT2D eigenvalue weighted by Gasteiger charge is 2.14. The number of halogens is 3. The third-order valence-electron chi connectivity index (χ3n) is 4.03. The fourth-order valence-electron chi connectivity index (χ4n) is 2.73. The highest BCUT2D eigenvalue weighted by atomic mass is 19.2. The van der Waals surface area contributed by atoms with Crippen molar-refractivity contribution < 1.29 is 33.2 Å². The molecule has 0 amide bonds. The molecule has 0 atom stereocenters. The molecule has 0 fully saturated rings. The van der Waals surface area contributed by atoms with Crippen LogP contribution in [0.4, 0.5) is 13.3 Å². The fraction of sp³-hybridized carbons (Fsp3) is 0.150. The Morgan fingerprint density at radius 2 is 1.55 bits per heavy atom. The number of benzene rings is 2. The minimum Gasteiger partial charge on any atom is -0.489 e. The van der Waals surface area contributed by atoms with Gasteiger partial charge in [-0.05, 0) is 66.6 Å². The Kier molecular flexibility index (Phi) is 6.32. The van der Waals surface area contributed by atoms with Crippen molar-refractivity contribution in [3.8, 4) is 22.6 Å². The number of rotatable bonds is 7. The standard InChI is InChI=1S/C20H17F3N2O4/c1-12-6-13(7-15(10-26)24-12)14-8-19(21)18(20(22)9-14)11-28-16-2-4-17(5-3-16)29-25(23)27/h2-9,26-27H,10-11H2,1H3. The van der Waals surface area contributed by atoms with Crippen LogP contribution in [0.5, 0.6) is 11.5 Å². The molecule has 1 aromatic heterocycles. The molecular weight excluding hydrogens is 389 g/mol. The van der Waals surface area contributed by atoms with Crippen molar-refractivity contribution in [3.63, 3.8) is 0 Å². The first-order valence-electron chi connectivity index (χ1n) is 8.48. The maximum atomic E-state index is 14.5. The van der Waals surface area contributed by atoms with Gasteiger partial charge in [-0.25, -0.2) is 8.78 Å². The summed E-state index contributed by atoms with van der Waals surface area (Å²) in [5.41, 5.74) is 0.656. The summed E-state index contributed by atoms with van der Waals surface area (Å²) < 4.78 is 46.6. The molecule has 2 aromatic carbocycles. The van der Waals surface area contributed by atoms with Gasteiger partial charge in [0.05, 0.1) is 17.9 Å². The van der Waals surface area contributed by atoms with E-state index < -0.39 is 17.1 Å². The minimum absolute atomic E-state index is 0.000966. The second-order valence-corrected chi connectivity index (χ2v) is 6.14. The van der Waals surface area contributed by atoms with E-state index in [1.165, 1.54) is 36.4 Å². The molecule has 0 saturated carbocycles. The van der Waals surface area contributed by atoms with Crippen LogP contribution >= 0.6 is 0 Å².